The van der Waals surface area contributed by atoms with Gasteiger partial charge >= 0.3 is 0 Å². The maximum absolute atomic E-state index is 5.41. The Bertz CT molecular complexity index is 991. The number of hydrogen-bond acceptors (Lipinski definition) is 4. The van der Waals surface area contributed by atoms with Crippen molar-refractivity contribution >= 4 is 29.9 Å². The standard InChI is InChI=1S/C24H31N5O2.HI/c1-5-25-24(27-17-23-26-16-20(28-23)19-9-7-6-8-10-19)29(2)14-13-18-11-12-21(30-3)22(15-18)31-4;/h6-12,15-16H,5,13-14,17H2,1-4H3,(H,25,27)(H,26,28);1H. The molecule has 32 heavy (non-hydrogen) atoms. The molecular formula is C24H32IN5O2. The fourth-order valence-electron chi connectivity index (χ4n) is 3.27. The van der Waals surface area contributed by atoms with Gasteiger partial charge in [0.05, 0.1) is 26.1 Å². The van der Waals surface area contributed by atoms with Gasteiger partial charge in [-0.05, 0) is 36.6 Å². The summed E-state index contributed by atoms with van der Waals surface area (Å²) in [5.74, 6) is 3.17. The van der Waals surface area contributed by atoms with Crippen molar-refractivity contribution in [1.29, 1.82) is 0 Å². The molecule has 2 N–H and O–H groups in total. The summed E-state index contributed by atoms with van der Waals surface area (Å²) in [4.78, 5) is 14.7. The van der Waals surface area contributed by atoms with Gasteiger partial charge in [-0.2, -0.15) is 0 Å². The van der Waals surface area contributed by atoms with Gasteiger partial charge in [0, 0.05) is 20.1 Å². The molecule has 7 nitrogen and oxygen atoms in total. The monoisotopic (exact) mass is 549 g/mol. The lowest BCUT2D eigenvalue weighted by molar-refractivity contribution is 0.354. The molecule has 3 aromatic rings. The minimum absolute atomic E-state index is 0. The summed E-state index contributed by atoms with van der Waals surface area (Å²) >= 11 is 0. The predicted octanol–water partition coefficient (Wildman–Crippen LogP) is 4.35. The van der Waals surface area contributed by atoms with Gasteiger partial charge in [-0.15, -0.1) is 24.0 Å². The van der Waals surface area contributed by atoms with Crippen LogP contribution in [0.25, 0.3) is 11.3 Å². The van der Waals surface area contributed by atoms with Crippen molar-refractivity contribution in [3.8, 4) is 22.8 Å². The first kappa shape index (κ1) is 25.5. The Kier molecular flexibility index (Phi) is 10.3. The number of H-pyrrole nitrogens is 1. The Morgan fingerprint density at radius 1 is 1.09 bits per heavy atom. The first-order chi connectivity index (χ1) is 15.1. The van der Waals surface area contributed by atoms with E-state index >= 15 is 0 Å². The second-order valence-corrected chi connectivity index (χ2v) is 7.14. The lowest BCUT2D eigenvalue weighted by Crippen LogP contribution is -2.40. The second-order valence-electron chi connectivity index (χ2n) is 7.14. The number of methoxy groups -OCH3 is 2. The van der Waals surface area contributed by atoms with Crippen LogP contribution in [0.15, 0.2) is 59.7 Å². The van der Waals surface area contributed by atoms with E-state index in [-0.39, 0.29) is 24.0 Å². The highest BCUT2D eigenvalue weighted by Gasteiger charge is 2.09. The molecule has 0 fully saturated rings. The maximum atomic E-state index is 5.41. The van der Waals surface area contributed by atoms with Gasteiger partial charge in [-0.1, -0.05) is 36.4 Å². The van der Waals surface area contributed by atoms with Crippen LogP contribution in [0.4, 0.5) is 0 Å². The number of nitrogens with one attached hydrogen (secondary N) is 2. The molecule has 0 unspecified atom stereocenters. The van der Waals surface area contributed by atoms with Crippen molar-refractivity contribution < 1.29 is 9.47 Å². The van der Waals surface area contributed by atoms with Crippen molar-refractivity contribution in [2.75, 3.05) is 34.4 Å². The normalized spacial score (nSPS) is 10.9. The maximum Gasteiger partial charge on any atom is 0.194 e. The Balaban J connectivity index is 0.00000363. The van der Waals surface area contributed by atoms with Crippen molar-refractivity contribution in [3.05, 3.63) is 66.1 Å². The summed E-state index contributed by atoms with van der Waals surface area (Å²) in [6, 6.07) is 16.2. The molecular weight excluding hydrogens is 517 g/mol. The molecule has 3 rings (SSSR count). The lowest BCUT2D eigenvalue weighted by Gasteiger charge is -2.22. The average Bonchev–Trinajstić information content (AvgIpc) is 3.29. The average molecular weight is 549 g/mol. The van der Waals surface area contributed by atoms with Crippen LogP contribution in [0, 0.1) is 0 Å². The minimum atomic E-state index is 0. The van der Waals surface area contributed by atoms with E-state index in [0.717, 1.165) is 54.1 Å². The van der Waals surface area contributed by atoms with Gasteiger partial charge in [0.1, 0.15) is 12.4 Å². The summed E-state index contributed by atoms with van der Waals surface area (Å²) < 4.78 is 10.7. The zero-order valence-corrected chi connectivity index (χ0v) is 21.4. The summed E-state index contributed by atoms with van der Waals surface area (Å²) in [6.45, 7) is 4.16. The third-order valence-electron chi connectivity index (χ3n) is 4.97. The SMILES string of the molecule is CCNC(=NCc1ncc(-c2ccccc2)[nH]1)N(C)CCc1ccc(OC)c(OC)c1.I. The van der Waals surface area contributed by atoms with Gasteiger partial charge in [0.15, 0.2) is 17.5 Å². The molecule has 0 aliphatic rings. The van der Waals surface area contributed by atoms with E-state index in [1.54, 1.807) is 14.2 Å². The Morgan fingerprint density at radius 2 is 1.84 bits per heavy atom. The molecule has 1 heterocycles. The number of imidazole rings is 1. The molecule has 0 spiro atoms. The van der Waals surface area contributed by atoms with Crippen molar-refractivity contribution in [2.45, 2.75) is 19.9 Å². The molecule has 0 bridgehead atoms. The van der Waals surface area contributed by atoms with Gasteiger partial charge in [-0.3, -0.25) is 0 Å². The summed E-state index contributed by atoms with van der Waals surface area (Å²) in [6.07, 6.45) is 2.72. The van der Waals surface area contributed by atoms with E-state index < -0.39 is 0 Å². The van der Waals surface area contributed by atoms with Crippen LogP contribution in [0.1, 0.15) is 18.3 Å². The Hall–Kier alpha value is -2.75. The van der Waals surface area contributed by atoms with Crippen LogP contribution in [-0.2, 0) is 13.0 Å². The smallest absolute Gasteiger partial charge is 0.194 e. The minimum Gasteiger partial charge on any atom is -0.493 e. The molecule has 0 amide bonds. The van der Waals surface area contributed by atoms with Crippen molar-refractivity contribution in [2.24, 2.45) is 4.99 Å². The molecule has 0 aliphatic carbocycles. The molecule has 0 atom stereocenters. The summed E-state index contributed by atoms with van der Waals surface area (Å²) in [7, 11) is 5.34. The number of likely N-dealkylation sites (N-methyl/N-ethyl adjacent to an activating group) is 1. The topological polar surface area (TPSA) is 74.8 Å². The van der Waals surface area contributed by atoms with E-state index in [9.17, 15) is 0 Å². The van der Waals surface area contributed by atoms with E-state index in [1.807, 2.05) is 43.6 Å². The molecule has 2 aromatic carbocycles. The first-order valence-electron chi connectivity index (χ1n) is 10.4. The molecule has 0 radical (unpaired) electrons. The molecule has 0 saturated heterocycles. The number of nitrogens with zero attached hydrogens (tertiary/aromatic N) is 3. The quantitative estimate of drug-likeness (QED) is 0.236. The number of aliphatic imine (C=N–C) groups is 1. The molecule has 0 saturated carbocycles. The number of hydrogen-bond donors (Lipinski definition) is 2. The summed E-state index contributed by atoms with van der Waals surface area (Å²) in [5, 5.41) is 3.36. The summed E-state index contributed by atoms with van der Waals surface area (Å²) in [5.41, 5.74) is 3.29. The number of benzene rings is 2. The number of halogens is 1. The number of rotatable bonds is 9. The molecule has 172 valence electrons. The fraction of sp³-hybridized carbons (Fsp3) is 0.333. The highest BCUT2D eigenvalue weighted by Crippen LogP contribution is 2.27. The number of ether oxygens (including phenoxy) is 2. The van der Waals surface area contributed by atoms with Crippen LogP contribution in [0.3, 0.4) is 0 Å². The Morgan fingerprint density at radius 3 is 2.53 bits per heavy atom. The van der Waals surface area contributed by atoms with E-state index in [2.05, 4.69) is 45.3 Å². The highest BCUT2D eigenvalue weighted by molar-refractivity contribution is 14.0. The number of aromatic amines is 1. The van der Waals surface area contributed by atoms with Crippen molar-refractivity contribution in [1.82, 2.24) is 20.2 Å². The van der Waals surface area contributed by atoms with Gasteiger partial charge in [0.2, 0.25) is 0 Å². The Labute approximate surface area is 207 Å². The van der Waals surface area contributed by atoms with Crippen LogP contribution < -0.4 is 14.8 Å². The van der Waals surface area contributed by atoms with E-state index in [1.165, 1.54) is 5.56 Å². The number of aromatic nitrogens is 2. The van der Waals surface area contributed by atoms with Crippen LogP contribution in [-0.4, -0.2) is 55.2 Å². The van der Waals surface area contributed by atoms with Gasteiger partial charge in [-0.25, -0.2) is 9.98 Å². The lowest BCUT2D eigenvalue weighted by atomic mass is 10.1. The predicted molar refractivity (Wildman–Crippen MR) is 140 cm³/mol. The molecule has 8 heteroatoms. The van der Waals surface area contributed by atoms with Crippen LogP contribution in [0.2, 0.25) is 0 Å². The second kappa shape index (κ2) is 12.9. The largest absolute Gasteiger partial charge is 0.493 e. The van der Waals surface area contributed by atoms with Gasteiger partial charge < -0.3 is 24.7 Å². The van der Waals surface area contributed by atoms with Crippen LogP contribution in [0.5, 0.6) is 11.5 Å². The zero-order chi connectivity index (χ0) is 22.1. The highest BCUT2D eigenvalue weighted by atomic mass is 127. The fourth-order valence-corrected chi connectivity index (χ4v) is 3.27. The van der Waals surface area contributed by atoms with Crippen molar-refractivity contribution in [3.63, 3.8) is 0 Å². The molecule has 0 aliphatic heterocycles. The third kappa shape index (κ3) is 6.88. The first-order valence-corrected chi connectivity index (χ1v) is 10.4. The number of guanidine groups is 1. The third-order valence-corrected chi connectivity index (χ3v) is 4.97. The molecule has 1 aromatic heterocycles. The zero-order valence-electron chi connectivity index (χ0n) is 19.1. The van der Waals surface area contributed by atoms with E-state index in [0.29, 0.717) is 6.54 Å². The van der Waals surface area contributed by atoms with Crippen LogP contribution >= 0.6 is 24.0 Å². The van der Waals surface area contributed by atoms with Gasteiger partial charge in [0.25, 0.3) is 0 Å². The van der Waals surface area contributed by atoms with E-state index in [4.69, 9.17) is 14.5 Å².